The lowest BCUT2D eigenvalue weighted by atomic mass is 10.1. The molecule has 0 aliphatic carbocycles. The lowest BCUT2D eigenvalue weighted by Crippen LogP contribution is -2.46. The molecule has 0 bridgehead atoms. The zero-order valence-electron chi connectivity index (χ0n) is 17.3. The van der Waals surface area contributed by atoms with E-state index in [9.17, 15) is 0 Å². The second-order valence-corrected chi connectivity index (χ2v) is 6.52. The summed E-state index contributed by atoms with van der Waals surface area (Å²) in [7, 11) is 6.69. The normalized spacial score (nSPS) is 15.9. The Balaban J connectivity index is 0.00000300. The molecule has 10 heteroatoms. The number of rotatable bonds is 7. The SMILES string of the molecule is CN=C(NCc1cccc(OC)c1OC)NC1CCc2nc(COC)nn2C1.I. The van der Waals surface area contributed by atoms with Crippen LogP contribution in [0.5, 0.6) is 11.5 Å². The Bertz CT molecular complexity index is 826. The summed E-state index contributed by atoms with van der Waals surface area (Å²) in [6.45, 7) is 1.75. The molecule has 0 amide bonds. The van der Waals surface area contributed by atoms with Crippen molar-refractivity contribution in [3.63, 3.8) is 0 Å². The monoisotopic (exact) mass is 516 g/mol. The number of ether oxygens (including phenoxy) is 3. The Morgan fingerprint density at radius 3 is 2.79 bits per heavy atom. The van der Waals surface area contributed by atoms with E-state index in [-0.39, 0.29) is 30.0 Å². The first-order valence-corrected chi connectivity index (χ1v) is 9.27. The van der Waals surface area contributed by atoms with Gasteiger partial charge in [-0.3, -0.25) is 4.99 Å². The molecule has 9 nitrogen and oxygen atoms in total. The van der Waals surface area contributed by atoms with Crippen LogP contribution in [0.3, 0.4) is 0 Å². The summed E-state index contributed by atoms with van der Waals surface area (Å²) in [5.41, 5.74) is 0.996. The Hall–Kier alpha value is -2.08. The third kappa shape index (κ3) is 5.72. The highest BCUT2D eigenvalue weighted by atomic mass is 127. The van der Waals surface area contributed by atoms with E-state index in [1.165, 1.54) is 0 Å². The minimum Gasteiger partial charge on any atom is -0.493 e. The van der Waals surface area contributed by atoms with Crippen LogP contribution in [0.15, 0.2) is 23.2 Å². The Morgan fingerprint density at radius 1 is 1.28 bits per heavy atom. The fourth-order valence-electron chi connectivity index (χ4n) is 3.33. The number of hydrogen-bond donors (Lipinski definition) is 2. The van der Waals surface area contributed by atoms with Crippen LogP contribution in [-0.4, -0.2) is 55.1 Å². The summed E-state index contributed by atoms with van der Waals surface area (Å²) in [4.78, 5) is 8.86. The summed E-state index contributed by atoms with van der Waals surface area (Å²) in [5, 5.41) is 11.3. The van der Waals surface area contributed by atoms with Gasteiger partial charge in [0, 0.05) is 38.7 Å². The number of halogens is 1. The molecule has 1 aromatic carbocycles. The maximum atomic E-state index is 5.49. The number of guanidine groups is 1. The summed E-state index contributed by atoms with van der Waals surface area (Å²) < 4.78 is 17.9. The molecule has 0 saturated carbocycles. The van der Waals surface area contributed by atoms with Crippen molar-refractivity contribution in [1.82, 2.24) is 25.4 Å². The molecule has 29 heavy (non-hydrogen) atoms. The molecule has 0 radical (unpaired) electrons. The van der Waals surface area contributed by atoms with Gasteiger partial charge in [0.15, 0.2) is 23.3 Å². The van der Waals surface area contributed by atoms with Crippen LogP contribution < -0.4 is 20.1 Å². The molecular weight excluding hydrogens is 487 g/mol. The molecule has 1 aromatic heterocycles. The van der Waals surface area contributed by atoms with E-state index in [2.05, 4.69) is 25.7 Å². The van der Waals surface area contributed by atoms with Gasteiger partial charge in [-0.15, -0.1) is 24.0 Å². The molecule has 1 unspecified atom stereocenters. The third-order valence-corrected chi connectivity index (χ3v) is 4.67. The van der Waals surface area contributed by atoms with E-state index in [1.54, 1.807) is 28.4 Å². The molecule has 1 aliphatic heterocycles. The highest BCUT2D eigenvalue weighted by Gasteiger charge is 2.22. The number of aryl methyl sites for hydroxylation is 1. The molecule has 2 N–H and O–H groups in total. The Kier molecular flexibility index (Phi) is 8.96. The van der Waals surface area contributed by atoms with E-state index < -0.39 is 0 Å². The lowest BCUT2D eigenvalue weighted by Gasteiger charge is -2.25. The summed E-state index contributed by atoms with van der Waals surface area (Å²) >= 11 is 0. The number of fused-ring (bicyclic) bond motifs is 1. The molecule has 0 saturated heterocycles. The molecule has 0 spiro atoms. The smallest absolute Gasteiger partial charge is 0.191 e. The van der Waals surface area contributed by atoms with Crippen molar-refractivity contribution in [1.29, 1.82) is 0 Å². The number of para-hydroxylation sites is 1. The lowest BCUT2D eigenvalue weighted by molar-refractivity contribution is 0.177. The highest BCUT2D eigenvalue weighted by Crippen LogP contribution is 2.30. The summed E-state index contributed by atoms with van der Waals surface area (Å²) in [5.74, 6) is 3.90. The molecule has 0 fully saturated rings. The van der Waals surface area contributed by atoms with Crippen LogP contribution in [-0.2, 0) is 30.9 Å². The van der Waals surface area contributed by atoms with Gasteiger partial charge in [0.05, 0.1) is 20.8 Å². The van der Waals surface area contributed by atoms with E-state index >= 15 is 0 Å². The highest BCUT2D eigenvalue weighted by molar-refractivity contribution is 14.0. The summed E-state index contributed by atoms with van der Waals surface area (Å²) in [6, 6.07) is 6.05. The van der Waals surface area contributed by atoms with Crippen molar-refractivity contribution in [3.05, 3.63) is 35.4 Å². The molecular formula is C19H29IN6O3. The maximum Gasteiger partial charge on any atom is 0.191 e. The second-order valence-electron chi connectivity index (χ2n) is 6.52. The van der Waals surface area contributed by atoms with Crippen molar-refractivity contribution in [2.24, 2.45) is 4.99 Å². The van der Waals surface area contributed by atoms with Gasteiger partial charge in [-0.25, -0.2) is 9.67 Å². The molecule has 160 valence electrons. The number of aliphatic imine (C=N–C) groups is 1. The van der Waals surface area contributed by atoms with Crippen LogP contribution in [0.2, 0.25) is 0 Å². The third-order valence-electron chi connectivity index (χ3n) is 4.67. The quantitative estimate of drug-likeness (QED) is 0.329. The van der Waals surface area contributed by atoms with Gasteiger partial charge in [-0.05, 0) is 12.5 Å². The Morgan fingerprint density at radius 2 is 2.10 bits per heavy atom. The van der Waals surface area contributed by atoms with Crippen molar-refractivity contribution in [2.75, 3.05) is 28.4 Å². The van der Waals surface area contributed by atoms with E-state index in [1.807, 2.05) is 22.9 Å². The van der Waals surface area contributed by atoms with Crippen molar-refractivity contribution in [2.45, 2.75) is 38.6 Å². The van der Waals surface area contributed by atoms with Gasteiger partial charge >= 0.3 is 0 Å². The zero-order valence-corrected chi connectivity index (χ0v) is 19.6. The predicted octanol–water partition coefficient (Wildman–Crippen LogP) is 1.74. The Labute approximate surface area is 188 Å². The molecule has 1 aliphatic rings. The van der Waals surface area contributed by atoms with Crippen LogP contribution in [0, 0.1) is 0 Å². The average Bonchev–Trinajstić information content (AvgIpc) is 3.12. The molecule has 1 atom stereocenters. The predicted molar refractivity (Wildman–Crippen MR) is 121 cm³/mol. The number of methoxy groups -OCH3 is 3. The number of hydrogen-bond acceptors (Lipinski definition) is 6. The molecule has 2 aromatic rings. The maximum absolute atomic E-state index is 5.49. The van der Waals surface area contributed by atoms with Gasteiger partial charge in [-0.1, -0.05) is 12.1 Å². The van der Waals surface area contributed by atoms with Crippen molar-refractivity contribution >= 4 is 29.9 Å². The first kappa shape index (κ1) is 23.2. The average molecular weight is 516 g/mol. The summed E-state index contributed by atoms with van der Waals surface area (Å²) in [6.07, 6.45) is 1.84. The largest absolute Gasteiger partial charge is 0.493 e. The topological polar surface area (TPSA) is 94.8 Å². The number of benzene rings is 1. The van der Waals surface area contributed by atoms with Crippen LogP contribution in [0.1, 0.15) is 23.6 Å². The first-order valence-electron chi connectivity index (χ1n) is 9.27. The number of aromatic nitrogens is 3. The van der Waals surface area contributed by atoms with Crippen molar-refractivity contribution < 1.29 is 14.2 Å². The fourth-order valence-corrected chi connectivity index (χ4v) is 3.33. The molecule has 2 heterocycles. The van der Waals surface area contributed by atoms with Crippen LogP contribution >= 0.6 is 24.0 Å². The van der Waals surface area contributed by atoms with E-state index in [0.717, 1.165) is 48.3 Å². The second kappa shape index (κ2) is 11.2. The van der Waals surface area contributed by atoms with Crippen LogP contribution in [0.4, 0.5) is 0 Å². The van der Waals surface area contributed by atoms with E-state index in [4.69, 9.17) is 14.2 Å². The zero-order chi connectivity index (χ0) is 19.9. The standard InChI is InChI=1S/C19H28N6O3.HI/c1-20-19(21-10-13-6-5-7-15(27-3)18(13)28-4)22-14-8-9-17-23-16(12-26-2)24-25(17)11-14;/h5-7,14H,8-12H2,1-4H3,(H2,20,21,22);1H. The molecule has 3 rings (SSSR count). The van der Waals surface area contributed by atoms with Gasteiger partial charge in [-0.2, -0.15) is 5.10 Å². The fraction of sp³-hybridized carbons (Fsp3) is 0.526. The van der Waals surface area contributed by atoms with Gasteiger partial charge in [0.1, 0.15) is 12.4 Å². The number of nitrogens with one attached hydrogen (secondary N) is 2. The first-order chi connectivity index (χ1) is 13.7. The minimum atomic E-state index is 0. The van der Waals surface area contributed by atoms with E-state index in [0.29, 0.717) is 18.9 Å². The van der Waals surface area contributed by atoms with Crippen LogP contribution in [0.25, 0.3) is 0 Å². The van der Waals surface area contributed by atoms with Gasteiger partial charge in [0.25, 0.3) is 0 Å². The van der Waals surface area contributed by atoms with Gasteiger partial charge in [0.2, 0.25) is 0 Å². The van der Waals surface area contributed by atoms with Crippen molar-refractivity contribution in [3.8, 4) is 11.5 Å². The van der Waals surface area contributed by atoms with Gasteiger partial charge < -0.3 is 24.8 Å². The minimum absolute atomic E-state index is 0. The number of nitrogens with zero attached hydrogens (tertiary/aromatic N) is 4.